The first-order valence-corrected chi connectivity index (χ1v) is 11.7. The van der Waals surface area contributed by atoms with Crippen LogP contribution >= 0.6 is 0 Å². The third-order valence-corrected chi connectivity index (χ3v) is 5.63. The Morgan fingerprint density at radius 3 is 2.23 bits per heavy atom. The highest BCUT2D eigenvalue weighted by molar-refractivity contribution is 6.13. The highest BCUT2D eigenvalue weighted by Gasteiger charge is 2.20. The average Bonchev–Trinajstić information content (AvgIpc) is 2.91. The number of nitrogens with zero attached hydrogens (tertiary/aromatic N) is 1. The standard InChI is InChI=1S/C30H28N2O3/c1-2-32(25-15-7-4-8-16-25)30(34)27-18-9-10-19-28(27)31-29(33)24-14-11-17-26(22-24)35-21-20-23-12-5-3-6-13-23/h3-19,22H,2,20-21H2,1H3,(H,31,33). The number of hydrogen-bond donors (Lipinski definition) is 1. The van der Waals surface area contributed by atoms with Gasteiger partial charge in [-0.25, -0.2) is 0 Å². The Bertz CT molecular complexity index is 1270. The maximum atomic E-state index is 13.4. The van der Waals surface area contributed by atoms with Crippen LogP contribution in [0.4, 0.5) is 11.4 Å². The summed E-state index contributed by atoms with van der Waals surface area (Å²) < 4.78 is 5.87. The summed E-state index contributed by atoms with van der Waals surface area (Å²) in [6, 6.07) is 33.7. The lowest BCUT2D eigenvalue weighted by Gasteiger charge is -2.22. The predicted molar refractivity (Wildman–Crippen MR) is 140 cm³/mol. The molecular weight excluding hydrogens is 436 g/mol. The lowest BCUT2D eigenvalue weighted by Crippen LogP contribution is -2.31. The van der Waals surface area contributed by atoms with Crippen molar-refractivity contribution >= 4 is 23.2 Å². The first-order valence-electron chi connectivity index (χ1n) is 11.7. The van der Waals surface area contributed by atoms with Crippen molar-refractivity contribution in [2.24, 2.45) is 0 Å². The summed E-state index contributed by atoms with van der Waals surface area (Å²) in [6.07, 6.45) is 0.780. The van der Waals surface area contributed by atoms with Crippen LogP contribution in [0.5, 0.6) is 5.75 Å². The van der Waals surface area contributed by atoms with Crippen molar-refractivity contribution < 1.29 is 14.3 Å². The summed E-state index contributed by atoms with van der Waals surface area (Å²) in [5, 5.41) is 2.91. The van der Waals surface area contributed by atoms with E-state index < -0.39 is 0 Å². The Labute approximate surface area is 206 Å². The zero-order valence-electron chi connectivity index (χ0n) is 19.7. The van der Waals surface area contributed by atoms with Gasteiger partial charge >= 0.3 is 0 Å². The number of benzene rings is 4. The van der Waals surface area contributed by atoms with Crippen LogP contribution in [0.25, 0.3) is 0 Å². The maximum Gasteiger partial charge on any atom is 0.260 e. The lowest BCUT2D eigenvalue weighted by atomic mass is 10.1. The van der Waals surface area contributed by atoms with Gasteiger partial charge in [-0.1, -0.05) is 66.7 Å². The molecule has 0 aliphatic heterocycles. The molecule has 5 nitrogen and oxygen atoms in total. The van der Waals surface area contributed by atoms with Gasteiger partial charge in [0, 0.05) is 24.2 Å². The zero-order valence-corrected chi connectivity index (χ0v) is 19.7. The summed E-state index contributed by atoms with van der Waals surface area (Å²) in [6.45, 7) is 2.95. The van der Waals surface area contributed by atoms with E-state index in [2.05, 4.69) is 17.4 Å². The topological polar surface area (TPSA) is 58.6 Å². The number of amides is 2. The molecule has 176 valence electrons. The first-order chi connectivity index (χ1) is 17.2. The van der Waals surface area contributed by atoms with Crippen molar-refractivity contribution in [2.45, 2.75) is 13.3 Å². The molecule has 0 atom stereocenters. The molecule has 0 aliphatic rings. The monoisotopic (exact) mass is 464 g/mol. The summed E-state index contributed by atoms with van der Waals surface area (Å²) in [5.74, 6) is 0.147. The minimum atomic E-state index is -0.304. The number of para-hydroxylation sites is 2. The van der Waals surface area contributed by atoms with Crippen LogP contribution in [0.15, 0.2) is 109 Å². The van der Waals surface area contributed by atoms with Crippen molar-refractivity contribution in [3.63, 3.8) is 0 Å². The fraction of sp³-hybridized carbons (Fsp3) is 0.133. The molecule has 0 saturated heterocycles. The second-order valence-corrected chi connectivity index (χ2v) is 8.00. The van der Waals surface area contributed by atoms with Crippen LogP contribution in [0.2, 0.25) is 0 Å². The third-order valence-electron chi connectivity index (χ3n) is 5.63. The van der Waals surface area contributed by atoms with Gasteiger partial charge in [-0.3, -0.25) is 9.59 Å². The minimum absolute atomic E-state index is 0.174. The van der Waals surface area contributed by atoms with Crippen molar-refractivity contribution in [1.82, 2.24) is 0 Å². The fourth-order valence-electron chi connectivity index (χ4n) is 3.83. The normalized spacial score (nSPS) is 10.4. The van der Waals surface area contributed by atoms with Crippen LogP contribution in [-0.4, -0.2) is 25.0 Å². The molecule has 0 bridgehead atoms. The van der Waals surface area contributed by atoms with Gasteiger partial charge in [-0.15, -0.1) is 0 Å². The summed E-state index contributed by atoms with van der Waals surface area (Å²) in [4.78, 5) is 28.1. The SMILES string of the molecule is CCN(C(=O)c1ccccc1NC(=O)c1cccc(OCCc2ccccc2)c1)c1ccccc1. The molecule has 1 N–H and O–H groups in total. The second-order valence-electron chi connectivity index (χ2n) is 8.00. The third kappa shape index (κ3) is 6.15. The number of rotatable bonds is 9. The zero-order chi connectivity index (χ0) is 24.5. The molecule has 0 aliphatic carbocycles. The molecule has 0 fully saturated rings. The highest BCUT2D eigenvalue weighted by atomic mass is 16.5. The molecule has 4 aromatic carbocycles. The molecule has 0 spiro atoms. The van der Waals surface area contributed by atoms with Crippen molar-refractivity contribution in [1.29, 1.82) is 0 Å². The van der Waals surface area contributed by atoms with E-state index in [0.717, 1.165) is 12.1 Å². The fourth-order valence-corrected chi connectivity index (χ4v) is 3.83. The van der Waals surface area contributed by atoms with Gasteiger partial charge in [-0.05, 0) is 55.0 Å². The van der Waals surface area contributed by atoms with Crippen molar-refractivity contribution in [3.05, 3.63) is 126 Å². The van der Waals surface area contributed by atoms with Gasteiger partial charge in [0.2, 0.25) is 0 Å². The highest BCUT2D eigenvalue weighted by Crippen LogP contribution is 2.23. The Morgan fingerprint density at radius 2 is 1.49 bits per heavy atom. The van der Waals surface area contributed by atoms with Crippen LogP contribution in [-0.2, 0) is 6.42 Å². The van der Waals surface area contributed by atoms with E-state index in [1.165, 1.54) is 5.56 Å². The molecule has 5 heteroatoms. The predicted octanol–water partition coefficient (Wildman–Crippen LogP) is 6.23. The lowest BCUT2D eigenvalue weighted by molar-refractivity contribution is 0.0989. The van der Waals surface area contributed by atoms with Crippen LogP contribution < -0.4 is 15.0 Å². The number of anilines is 2. The van der Waals surface area contributed by atoms with Gasteiger partial charge in [0.25, 0.3) is 11.8 Å². The number of hydrogen-bond acceptors (Lipinski definition) is 3. The minimum Gasteiger partial charge on any atom is -0.493 e. The summed E-state index contributed by atoms with van der Waals surface area (Å²) >= 11 is 0. The Morgan fingerprint density at radius 1 is 0.800 bits per heavy atom. The first kappa shape index (κ1) is 23.8. The molecule has 0 unspecified atom stereocenters. The number of carbonyl (C=O) groups is 2. The van der Waals surface area contributed by atoms with E-state index in [9.17, 15) is 9.59 Å². The molecule has 4 aromatic rings. The van der Waals surface area contributed by atoms with Crippen LogP contribution in [0, 0.1) is 0 Å². The number of carbonyl (C=O) groups excluding carboxylic acids is 2. The smallest absolute Gasteiger partial charge is 0.260 e. The number of ether oxygens (including phenoxy) is 1. The van der Waals surface area contributed by atoms with Gasteiger partial charge in [-0.2, -0.15) is 0 Å². The molecule has 35 heavy (non-hydrogen) atoms. The van der Waals surface area contributed by atoms with Gasteiger partial charge < -0.3 is 15.0 Å². The largest absolute Gasteiger partial charge is 0.493 e. The Balaban J connectivity index is 1.46. The molecule has 2 amide bonds. The van der Waals surface area contributed by atoms with E-state index >= 15 is 0 Å². The van der Waals surface area contributed by atoms with E-state index in [1.54, 1.807) is 47.4 Å². The van der Waals surface area contributed by atoms with Crippen LogP contribution in [0.1, 0.15) is 33.2 Å². The van der Waals surface area contributed by atoms with Gasteiger partial charge in [0.1, 0.15) is 5.75 Å². The molecule has 0 heterocycles. The Kier molecular flexibility index (Phi) is 7.92. The molecule has 4 rings (SSSR count). The van der Waals surface area contributed by atoms with Crippen molar-refractivity contribution in [3.8, 4) is 5.75 Å². The molecular formula is C30H28N2O3. The summed E-state index contributed by atoms with van der Waals surface area (Å²) in [5.41, 5.74) is 3.36. The number of nitrogens with one attached hydrogen (secondary N) is 1. The van der Waals surface area contributed by atoms with E-state index in [4.69, 9.17) is 4.74 Å². The quantitative estimate of drug-likeness (QED) is 0.320. The second kappa shape index (κ2) is 11.7. The van der Waals surface area contributed by atoms with Crippen molar-refractivity contribution in [2.75, 3.05) is 23.4 Å². The molecule has 0 aromatic heterocycles. The van der Waals surface area contributed by atoms with E-state index in [1.807, 2.05) is 61.5 Å². The average molecular weight is 465 g/mol. The molecule has 0 saturated carbocycles. The summed E-state index contributed by atoms with van der Waals surface area (Å²) in [7, 11) is 0. The Hall–Kier alpha value is -4.38. The van der Waals surface area contributed by atoms with Gasteiger partial charge in [0.15, 0.2) is 0 Å². The molecule has 0 radical (unpaired) electrons. The van der Waals surface area contributed by atoms with E-state index in [-0.39, 0.29) is 11.8 Å². The van der Waals surface area contributed by atoms with Crippen LogP contribution in [0.3, 0.4) is 0 Å². The van der Waals surface area contributed by atoms with E-state index in [0.29, 0.717) is 35.7 Å². The van der Waals surface area contributed by atoms with Gasteiger partial charge in [0.05, 0.1) is 17.9 Å². The maximum absolute atomic E-state index is 13.4.